The molecule has 0 aromatic heterocycles. The average Bonchev–Trinajstić information content (AvgIpc) is 3.00. The Kier molecular flexibility index (Phi) is 4.63. The van der Waals surface area contributed by atoms with Crippen LogP contribution in [0.25, 0.3) is 0 Å². The van der Waals surface area contributed by atoms with Crippen molar-refractivity contribution in [3.8, 4) is 0 Å². The second-order valence-electron chi connectivity index (χ2n) is 6.13. The smallest absolute Gasteiger partial charge is 0.251 e. The minimum atomic E-state index is -0.191. The number of rotatable bonds is 2. The molecule has 2 aliphatic heterocycles. The summed E-state index contributed by atoms with van der Waals surface area (Å²) in [6.45, 7) is 3.97. The lowest BCUT2D eigenvalue weighted by atomic mass is 9.93. The van der Waals surface area contributed by atoms with Gasteiger partial charge in [-0.3, -0.25) is 9.79 Å². The normalized spacial score (nSPS) is 27.7. The summed E-state index contributed by atoms with van der Waals surface area (Å²) in [4.78, 5) is 20.9. The first kappa shape index (κ1) is 14.6. The molecule has 2 saturated heterocycles. The molecule has 0 aromatic carbocycles. The predicted octanol–water partition coefficient (Wildman–Crippen LogP) is 0.438. The van der Waals surface area contributed by atoms with Gasteiger partial charge in [0.1, 0.15) is 6.10 Å². The summed E-state index contributed by atoms with van der Waals surface area (Å²) in [6.07, 6.45) is 5.51. The minimum absolute atomic E-state index is 0.175. The summed E-state index contributed by atoms with van der Waals surface area (Å²) in [5, 5.41) is 3.52. The van der Waals surface area contributed by atoms with Crippen LogP contribution in [0.2, 0.25) is 0 Å². The quantitative estimate of drug-likeness (QED) is 0.593. The molecule has 0 bridgehead atoms. The third-order valence-corrected chi connectivity index (χ3v) is 4.75. The van der Waals surface area contributed by atoms with Gasteiger partial charge in [-0.2, -0.15) is 0 Å². The Bertz CT molecular complexity index is 394. The standard InChI is InChI=1S/C15H26N4O2/c1-16-15(17-12-4-2-5-12)19-9-7-18(8-10-19)14(20)13-6-3-11-21-13/h12-13H,2-11H2,1H3,(H,16,17). The number of amides is 1. The van der Waals surface area contributed by atoms with Gasteiger partial charge in [0.15, 0.2) is 5.96 Å². The predicted molar refractivity (Wildman–Crippen MR) is 81.3 cm³/mol. The highest BCUT2D eigenvalue weighted by Gasteiger charge is 2.31. The molecule has 1 atom stereocenters. The zero-order chi connectivity index (χ0) is 14.7. The number of aliphatic imine (C=N–C) groups is 1. The van der Waals surface area contributed by atoms with E-state index in [1.54, 1.807) is 0 Å². The van der Waals surface area contributed by atoms with Crippen LogP contribution in [0.1, 0.15) is 32.1 Å². The van der Waals surface area contributed by atoms with E-state index in [0.717, 1.165) is 51.6 Å². The third kappa shape index (κ3) is 3.31. The Morgan fingerprint density at radius 3 is 2.33 bits per heavy atom. The van der Waals surface area contributed by atoms with Crippen molar-refractivity contribution in [1.29, 1.82) is 0 Å². The maximum atomic E-state index is 12.3. The molecule has 1 amide bonds. The van der Waals surface area contributed by atoms with E-state index in [4.69, 9.17) is 4.74 Å². The summed E-state index contributed by atoms with van der Waals surface area (Å²) in [7, 11) is 1.84. The van der Waals surface area contributed by atoms with E-state index in [1.807, 2.05) is 11.9 Å². The molecule has 0 radical (unpaired) electrons. The van der Waals surface area contributed by atoms with Gasteiger partial charge in [0, 0.05) is 45.9 Å². The lowest BCUT2D eigenvalue weighted by Crippen LogP contribution is -2.57. The second kappa shape index (κ2) is 6.64. The first-order valence-electron chi connectivity index (χ1n) is 8.16. The summed E-state index contributed by atoms with van der Waals surface area (Å²) >= 11 is 0. The third-order valence-electron chi connectivity index (χ3n) is 4.75. The average molecular weight is 294 g/mol. The molecule has 1 saturated carbocycles. The number of carbonyl (C=O) groups is 1. The van der Waals surface area contributed by atoms with Crippen LogP contribution in [0.15, 0.2) is 4.99 Å². The second-order valence-corrected chi connectivity index (χ2v) is 6.13. The molecule has 1 N–H and O–H groups in total. The molecular weight excluding hydrogens is 268 g/mol. The van der Waals surface area contributed by atoms with Crippen molar-refractivity contribution >= 4 is 11.9 Å². The highest BCUT2D eigenvalue weighted by Crippen LogP contribution is 2.19. The van der Waals surface area contributed by atoms with Crippen molar-refractivity contribution < 1.29 is 9.53 Å². The fourth-order valence-electron chi connectivity index (χ4n) is 3.15. The van der Waals surface area contributed by atoms with Crippen LogP contribution < -0.4 is 5.32 Å². The maximum absolute atomic E-state index is 12.3. The van der Waals surface area contributed by atoms with Crippen molar-refractivity contribution in [1.82, 2.24) is 15.1 Å². The van der Waals surface area contributed by atoms with Crippen molar-refractivity contribution in [2.45, 2.75) is 44.2 Å². The zero-order valence-electron chi connectivity index (χ0n) is 12.9. The molecule has 21 heavy (non-hydrogen) atoms. The fourth-order valence-corrected chi connectivity index (χ4v) is 3.15. The van der Waals surface area contributed by atoms with E-state index in [0.29, 0.717) is 6.04 Å². The number of hydrogen-bond donors (Lipinski definition) is 1. The lowest BCUT2D eigenvalue weighted by molar-refractivity contribution is -0.142. The Hall–Kier alpha value is -1.30. The highest BCUT2D eigenvalue weighted by molar-refractivity contribution is 5.83. The Morgan fingerprint density at radius 2 is 1.81 bits per heavy atom. The molecule has 6 nitrogen and oxygen atoms in total. The SMILES string of the molecule is CN=C(NC1CCC1)N1CCN(C(=O)C2CCCO2)CC1. The molecule has 1 aliphatic carbocycles. The number of piperazine rings is 1. The van der Waals surface area contributed by atoms with Gasteiger partial charge in [0.25, 0.3) is 5.91 Å². The Morgan fingerprint density at radius 1 is 1.10 bits per heavy atom. The number of hydrogen-bond acceptors (Lipinski definition) is 3. The van der Waals surface area contributed by atoms with Crippen molar-refractivity contribution in [2.75, 3.05) is 39.8 Å². The Balaban J connectivity index is 1.48. The van der Waals surface area contributed by atoms with Gasteiger partial charge < -0.3 is 19.9 Å². The van der Waals surface area contributed by atoms with Gasteiger partial charge in [-0.25, -0.2) is 0 Å². The maximum Gasteiger partial charge on any atom is 0.251 e. The summed E-state index contributed by atoms with van der Waals surface area (Å²) in [5.74, 6) is 1.16. The first-order chi connectivity index (χ1) is 10.3. The number of ether oxygens (including phenoxy) is 1. The summed E-state index contributed by atoms with van der Waals surface area (Å²) in [5.41, 5.74) is 0. The van der Waals surface area contributed by atoms with E-state index < -0.39 is 0 Å². The van der Waals surface area contributed by atoms with Gasteiger partial charge in [-0.05, 0) is 32.1 Å². The van der Waals surface area contributed by atoms with E-state index in [1.165, 1.54) is 19.3 Å². The van der Waals surface area contributed by atoms with Crippen molar-refractivity contribution in [3.63, 3.8) is 0 Å². The van der Waals surface area contributed by atoms with E-state index in [2.05, 4.69) is 15.2 Å². The summed E-state index contributed by atoms with van der Waals surface area (Å²) < 4.78 is 5.50. The number of guanidine groups is 1. The first-order valence-corrected chi connectivity index (χ1v) is 8.16. The van der Waals surface area contributed by atoms with E-state index >= 15 is 0 Å². The topological polar surface area (TPSA) is 57.2 Å². The van der Waals surface area contributed by atoms with Gasteiger partial charge in [-0.15, -0.1) is 0 Å². The zero-order valence-corrected chi connectivity index (χ0v) is 12.9. The lowest BCUT2D eigenvalue weighted by Gasteiger charge is -2.39. The van der Waals surface area contributed by atoms with Crippen LogP contribution in [0.4, 0.5) is 0 Å². The number of carbonyl (C=O) groups excluding carboxylic acids is 1. The highest BCUT2D eigenvalue weighted by atomic mass is 16.5. The molecule has 0 spiro atoms. The molecule has 3 fully saturated rings. The van der Waals surface area contributed by atoms with Crippen molar-refractivity contribution in [3.05, 3.63) is 0 Å². The fraction of sp³-hybridized carbons (Fsp3) is 0.867. The molecule has 6 heteroatoms. The van der Waals surface area contributed by atoms with Crippen molar-refractivity contribution in [2.24, 2.45) is 4.99 Å². The largest absolute Gasteiger partial charge is 0.368 e. The molecule has 3 aliphatic rings. The minimum Gasteiger partial charge on any atom is -0.368 e. The van der Waals surface area contributed by atoms with Gasteiger partial charge in [-0.1, -0.05) is 0 Å². The van der Waals surface area contributed by atoms with Crippen LogP contribution in [-0.4, -0.2) is 73.6 Å². The van der Waals surface area contributed by atoms with Gasteiger partial charge >= 0.3 is 0 Å². The monoisotopic (exact) mass is 294 g/mol. The molecule has 0 aromatic rings. The molecule has 3 rings (SSSR count). The van der Waals surface area contributed by atoms with E-state index in [9.17, 15) is 4.79 Å². The van der Waals surface area contributed by atoms with Crippen LogP contribution >= 0.6 is 0 Å². The Labute approximate surface area is 126 Å². The van der Waals surface area contributed by atoms with Crippen LogP contribution in [-0.2, 0) is 9.53 Å². The van der Waals surface area contributed by atoms with Gasteiger partial charge in [0.2, 0.25) is 0 Å². The molecule has 2 heterocycles. The van der Waals surface area contributed by atoms with Crippen LogP contribution in [0.5, 0.6) is 0 Å². The molecular formula is C15H26N4O2. The number of nitrogens with one attached hydrogen (secondary N) is 1. The molecule has 1 unspecified atom stereocenters. The van der Waals surface area contributed by atoms with Crippen LogP contribution in [0, 0.1) is 0 Å². The van der Waals surface area contributed by atoms with Gasteiger partial charge in [0.05, 0.1) is 0 Å². The van der Waals surface area contributed by atoms with Crippen LogP contribution in [0.3, 0.4) is 0 Å². The molecule has 118 valence electrons. The number of nitrogens with zero attached hydrogens (tertiary/aromatic N) is 3. The summed E-state index contributed by atoms with van der Waals surface area (Å²) in [6, 6.07) is 0.593. The van der Waals surface area contributed by atoms with E-state index in [-0.39, 0.29) is 12.0 Å².